The Morgan fingerprint density at radius 3 is 2.59 bits per heavy atom. The summed E-state index contributed by atoms with van der Waals surface area (Å²) in [6.07, 6.45) is 4.04. The monoisotopic (exact) mass is 408 g/mol. The van der Waals surface area contributed by atoms with E-state index in [1.807, 2.05) is 6.08 Å². The average molecular weight is 408 g/mol. The Balaban J connectivity index is 1.65. The Kier molecular flexibility index (Phi) is 6.86. The number of carbonyl (C=O) groups is 4. The van der Waals surface area contributed by atoms with E-state index >= 15 is 0 Å². The average Bonchev–Trinajstić information content (AvgIpc) is 2.89. The second-order valence-corrected chi connectivity index (χ2v) is 7.84. The molecule has 29 heavy (non-hydrogen) atoms. The van der Waals surface area contributed by atoms with Crippen molar-refractivity contribution in [1.29, 1.82) is 0 Å². The molecule has 0 bridgehead atoms. The van der Waals surface area contributed by atoms with Gasteiger partial charge in [0.25, 0.3) is 0 Å². The molecule has 10 nitrogen and oxygen atoms in total. The number of carbonyl (C=O) groups excluding carboxylic acids is 4. The Labute approximate surface area is 169 Å². The molecular weight excluding hydrogens is 380 g/mol. The number of hydrogen-bond donors (Lipinski definition) is 3. The summed E-state index contributed by atoms with van der Waals surface area (Å²) in [7, 11) is 0. The first-order chi connectivity index (χ1) is 13.8. The van der Waals surface area contributed by atoms with Crippen LogP contribution in [-0.2, 0) is 23.9 Å². The normalized spacial score (nSPS) is 28.5. The molecule has 3 aliphatic rings. The van der Waals surface area contributed by atoms with Crippen molar-refractivity contribution in [1.82, 2.24) is 15.1 Å². The van der Waals surface area contributed by atoms with Gasteiger partial charge in [-0.3, -0.25) is 24.1 Å². The van der Waals surface area contributed by atoms with E-state index in [4.69, 9.17) is 5.73 Å². The maximum Gasteiger partial charge on any atom is 0.310 e. The van der Waals surface area contributed by atoms with E-state index in [2.05, 4.69) is 15.0 Å². The first-order valence-electron chi connectivity index (χ1n) is 9.98. The Morgan fingerprint density at radius 1 is 1.24 bits per heavy atom. The molecule has 3 rings (SSSR count). The van der Waals surface area contributed by atoms with Gasteiger partial charge < -0.3 is 25.8 Å². The molecule has 3 heterocycles. The van der Waals surface area contributed by atoms with Gasteiger partial charge in [0, 0.05) is 13.1 Å². The van der Waals surface area contributed by atoms with Crippen molar-refractivity contribution in [3.05, 3.63) is 11.6 Å². The second-order valence-electron chi connectivity index (χ2n) is 7.84. The van der Waals surface area contributed by atoms with Gasteiger partial charge in [-0.1, -0.05) is 12.5 Å². The number of amides is 3. The van der Waals surface area contributed by atoms with Crippen LogP contribution in [0.2, 0.25) is 0 Å². The summed E-state index contributed by atoms with van der Waals surface area (Å²) in [6, 6.07) is -0.854. The van der Waals surface area contributed by atoms with Crippen LogP contribution < -0.4 is 11.1 Å². The lowest BCUT2D eigenvalue weighted by atomic mass is 10.0. The van der Waals surface area contributed by atoms with Crippen LogP contribution in [0.1, 0.15) is 32.1 Å². The number of esters is 1. The number of cyclic esters (lactones) is 1. The lowest BCUT2D eigenvalue weighted by Gasteiger charge is -2.29. The van der Waals surface area contributed by atoms with E-state index in [1.165, 1.54) is 11.3 Å². The maximum atomic E-state index is 12.8. The van der Waals surface area contributed by atoms with Crippen molar-refractivity contribution in [3.8, 4) is 0 Å². The maximum absolute atomic E-state index is 12.8. The van der Waals surface area contributed by atoms with E-state index < -0.39 is 41.9 Å². The highest BCUT2D eigenvalue weighted by molar-refractivity contribution is 6.01. The fourth-order valence-electron chi connectivity index (χ4n) is 3.98. The van der Waals surface area contributed by atoms with Crippen molar-refractivity contribution in [2.24, 2.45) is 11.7 Å². The Bertz CT molecular complexity index is 703. The van der Waals surface area contributed by atoms with Crippen LogP contribution in [0, 0.1) is 5.92 Å². The molecule has 10 heteroatoms. The summed E-state index contributed by atoms with van der Waals surface area (Å²) in [5.74, 6) is -3.36. The van der Waals surface area contributed by atoms with Gasteiger partial charge in [-0.25, -0.2) is 0 Å². The van der Waals surface area contributed by atoms with Crippen molar-refractivity contribution < 1.29 is 29.0 Å². The van der Waals surface area contributed by atoms with E-state index in [1.54, 1.807) is 0 Å². The van der Waals surface area contributed by atoms with E-state index in [0.717, 1.165) is 31.5 Å². The first kappa shape index (κ1) is 21.3. The minimum atomic E-state index is -1.40. The molecule has 0 aromatic carbocycles. The van der Waals surface area contributed by atoms with Gasteiger partial charge in [-0.05, 0) is 37.9 Å². The third-order valence-electron chi connectivity index (χ3n) is 5.53. The van der Waals surface area contributed by atoms with Crippen LogP contribution >= 0.6 is 0 Å². The zero-order valence-electron chi connectivity index (χ0n) is 16.3. The van der Waals surface area contributed by atoms with Crippen LogP contribution in [-0.4, -0.2) is 83.7 Å². The number of nitrogens with two attached hydrogens (primary N) is 1. The van der Waals surface area contributed by atoms with Gasteiger partial charge in [0.15, 0.2) is 0 Å². The predicted octanol–water partition coefficient (Wildman–Crippen LogP) is -1.52. The summed E-state index contributed by atoms with van der Waals surface area (Å²) in [5.41, 5.74) is 6.37. The summed E-state index contributed by atoms with van der Waals surface area (Å²) in [6.45, 7) is 2.59. The molecule has 0 aromatic rings. The number of nitrogens with one attached hydrogen (secondary N) is 1. The number of nitrogens with zero attached hydrogens (tertiary/aromatic N) is 2. The molecule has 0 aromatic heterocycles. The zero-order valence-corrected chi connectivity index (χ0v) is 16.3. The van der Waals surface area contributed by atoms with E-state index in [0.29, 0.717) is 6.54 Å². The van der Waals surface area contributed by atoms with Gasteiger partial charge in [-0.2, -0.15) is 0 Å². The third-order valence-corrected chi connectivity index (χ3v) is 5.53. The molecule has 160 valence electrons. The molecular formula is C19H28N4O6. The number of likely N-dealkylation sites (tertiary alicyclic amines) is 1. The van der Waals surface area contributed by atoms with Gasteiger partial charge in [0.2, 0.25) is 24.0 Å². The molecule has 0 saturated carbocycles. The van der Waals surface area contributed by atoms with Crippen LogP contribution in [0.25, 0.3) is 0 Å². The minimum absolute atomic E-state index is 0.134. The van der Waals surface area contributed by atoms with Gasteiger partial charge in [0.1, 0.15) is 12.0 Å². The smallest absolute Gasteiger partial charge is 0.310 e. The van der Waals surface area contributed by atoms with Crippen LogP contribution in [0.3, 0.4) is 0 Å². The summed E-state index contributed by atoms with van der Waals surface area (Å²) >= 11 is 0. The lowest BCUT2D eigenvalue weighted by Crippen LogP contribution is -2.49. The van der Waals surface area contributed by atoms with E-state index in [-0.39, 0.29) is 25.9 Å². The molecule has 3 unspecified atom stereocenters. The fourth-order valence-corrected chi connectivity index (χ4v) is 3.98. The Hall–Kier alpha value is -2.46. The van der Waals surface area contributed by atoms with Gasteiger partial charge >= 0.3 is 5.97 Å². The van der Waals surface area contributed by atoms with E-state index in [9.17, 15) is 24.3 Å². The number of aliphatic hydroxyl groups is 1. The minimum Gasteiger partial charge on any atom is -0.434 e. The molecule has 2 saturated heterocycles. The highest BCUT2D eigenvalue weighted by atomic mass is 16.6. The number of aliphatic hydroxyl groups excluding tert-OH is 1. The van der Waals surface area contributed by atoms with Crippen LogP contribution in [0.15, 0.2) is 11.6 Å². The van der Waals surface area contributed by atoms with Crippen LogP contribution in [0.5, 0.6) is 0 Å². The zero-order chi connectivity index (χ0) is 21.0. The van der Waals surface area contributed by atoms with Gasteiger partial charge in [0.05, 0.1) is 13.0 Å². The van der Waals surface area contributed by atoms with Gasteiger partial charge in [-0.15, -0.1) is 0 Å². The van der Waals surface area contributed by atoms with Crippen molar-refractivity contribution in [3.63, 3.8) is 0 Å². The standard InChI is InChI=1S/C19H28N4O6/c20-17(26)13-5-4-12(9-22-6-2-1-3-7-22)10-23(18(13)27)11-15(24)21-14-8-16(25)29-19(14)28/h4,13-14,19,28H,1-3,5-11H2,(H2,20,26)(H,21,24). The highest BCUT2D eigenvalue weighted by Gasteiger charge is 2.36. The topological polar surface area (TPSA) is 142 Å². The molecule has 0 spiro atoms. The quantitative estimate of drug-likeness (QED) is 0.275. The van der Waals surface area contributed by atoms with Crippen molar-refractivity contribution in [2.75, 3.05) is 32.7 Å². The molecule has 3 atom stereocenters. The second kappa shape index (κ2) is 9.36. The predicted molar refractivity (Wildman–Crippen MR) is 101 cm³/mol. The SMILES string of the molecule is NC(=O)C1CC=C(CN2CCCCC2)CN(CC(=O)NC2CC(=O)OC2O)C1=O. The molecule has 0 aliphatic carbocycles. The molecule has 2 fully saturated rings. The summed E-state index contributed by atoms with van der Waals surface area (Å²) in [5, 5.41) is 12.1. The number of ether oxygens (including phenoxy) is 1. The Morgan fingerprint density at radius 2 is 1.97 bits per heavy atom. The molecule has 3 amide bonds. The van der Waals surface area contributed by atoms with Crippen molar-refractivity contribution >= 4 is 23.7 Å². The summed E-state index contributed by atoms with van der Waals surface area (Å²) in [4.78, 5) is 51.8. The van der Waals surface area contributed by atoms with Crippen molar-refractivity contribution in [2.45, 2.75) is 44.4 Å². The highest BCUT2D eigenvalue weighted by Crippen LogP contribution is 2.20. The molecule has 0 radical (unpaired) electrons. The first-order valence-corrected chi connectivity index (χ1v) is 9.98. The summed E-state index contributed by atoms with van der Waals surface area (Å²) < 4.78 is 4.60. The number of allylic oxidation sites excluding steroid dienone is 1. The number of hydrogen-bond acceptors (Lipinski definition) is 7. The fraction of sp³-hybridized carbons (Fsp3) is 0.684. The van der Waals surface area contributed by atoms with Crippen LogP contribution in [0.4, 0.5) is 0 Å². The number of piperidine rings is 1. The molecule has 4 N–H and O–H groups in total. The lowest BCUT2D eigenvalue weighted by molar-refractivity contribution is -0.155. The largest absolute Gasteiger partial charge is 0.434 e. The number of primary amides is 1. The third kappa shape index (κ3) is 5.54. The molecule has 3 aliphatic heterocycles. The number of rotatable bonds is 6.